The lowest BCUT2D eigenvalue weighted by atomic mass is 9.99. The largest absolute Gasteiger partial charge is 0.394 e. The zero-order valence-corrected chi connectivity index (χ0v) is 12.8. The molecule has 124 valence electrons. The molecule has 0 bridgehead atoms. The average molecular weight is 333 g/mol. The minimum atomic E-state index is -1.46. The predicted molar refractivity (Wildman–Crippen MR) is 75.5 cm³/mol. The number of aliphatic hydroxyl groups excluding tert-OH is 4. The van der Waals surface area contributed by atoms with Crippen molar-refractivity contribution in [2.75, 3.05) is 13.2 Å². The van der Waals surface area contributed by atoms with Gasteiger partial charge in [0, 0.05) is 19.5 Å². The molecule has 2 heterocycles. The smallest absolute Gasteiger partial charge is 0.186 e. The maximum Gasteiger partial charge on any atom is 0.186 e. The molecule has 1 saturated heterocycles. The van der Waals surface area contributed by atoms with Crippen molar-refractivity contribution in [3.63, 3.8) is 0 Å². The lowest BCUT2D eigenvalue weighted by Crippen LogP contribution is -2.59. The summed E-state index contributed by atoms with van der Waals surface area (Å²) in [7, 11) is 0. The number of rotatable bonds is 6. The van der Waals surface area contributed by atoms with Crippen LogP contribution in [0.4, 0.5) is 0 Å². The summed E-state index contributed by atoms with van der Waals surface area (Å²) >= 11 is 1.26. The average Bonchev–Trinajstić information content (AvgIpc) is 2.96. The minimum Gasteiger partial charge on any atom is -0.394 e. The Morgan fingerprint density at radius 2 is 2.09 bits per heavy atom. The van der Waals surface area contributed by atoms with Crippen molar-refractivity contribution >= 4 is 17.1 Å². The number of aliphatic hydroxyl groups is 4. The van der Waals surface area contributed by atoms with E-state index in [9.17, 15) is 20.1 Å². The van der Waals surface area contributed by atoms with Gasteiger partial charge in [0.15, 0.2) is 12.1 Å². The van der Waals surface area contributed by atoms with E-state index in [0.29, 0.717) is 16.3 Å². The molecule has 0 amide bonds. The molecule has 22 heavy (non-hydrogen) atoms. The van der Waals surface area contributed by atoms with Crippen molar-refractivity contribution in [1.82, 2.24) is 4.98 Å². The zero-order valence-electron chi connectivity index (χ0n) is 12.0. The molecule has 0 unspecified atom stereocenters. The molecular formula is C13H19NO7S. The number of hydrogen-bond acceptors (Lipinski definition) is 9. The number of thiazole rings is 1. The van der Waals surface area contributed by atoms with E-state index in [2.05, 4.69) is 4.98 Å². The monoisotopic (exact) mass is 333 g/mol. The van der Waals surface area contributed by atoms with Crippen molar-refractivity contribution in [3.05, 3.63) is 16.1 Å². The second-order valence-electron chi connectivity index (χ2n) is 4.99. The molecule has 8 nitrogen and oxygen atoms in total. The van der Waals surface area contributed by atoms with E-state index in [4.69, 9.17) is 14.6 Å². The molecule has 5 atom stereocenters. The summed E-state index contributed by atoms with van der Waals surface area (Å²) in [6.45, 7) is 1.11. The van der Waals surface area contributed by atoms with Crippen LogP contribution in [0.3, 0.4) is 0 Å². The van der Waals surface area contributed by atoms with Crippen molar-refractivity contribution in [2.45, 2.75) is 44.1 Å². The summed E-state index contributed by atoms with van der Waals surface area (Å²) in [5, 5.41) is 38.8. The quantitative estimate of drug-likeness (QED) is 0.473. The third kappa shape index (κ3) is 3.87. The van der Waals surface area contributed by atoms with Gasteiger partial charge in [-0.2, -0.15) is 0 Å². The maximum absolute atomic E-state index is 11.2. The highest BCUT2D eigenvalue weighted by Crippen LogP contribution is 2.22. The lowest BCUT2D eigenvalue weighted by molar-refractivity contribution is -0.300. The fourth-order valence-corrected chi connectivity index (χ4v) is 2.85. The van der Waals surface area contributed by atoms with Gasteiger partial charge in [-0.3, -0.25) is 4.79 Å². The molecule has 0 radical (unpaired) electrons. The summed E-state index contributed by atoms with van der Waals surface area (Å²) < 4.78 is 10.6. The fourth-order valence-electron chi connectivity index (χ4n) is 2.06. The Morgan fingerprint density at radius 1 is 1.36 bits per heavy atom. The van der Waals surface area contributed by atoms with Crippen molar-refractivity contribution < 1.29 is 34.7 Å². The van der Waals surface area contributed by atoms with Crippen LogP contribution in [-0.4, -0.2) is 75.1 Å². The molecule has 1 aliphatic rings. The molecule has 4 N–H and O–H groups in total. The van der Waals surface area contributed by atoms with E-state index in [1.807, 2.05) is 0 Å². The highest BCUT2D eigenvalue weighted by molar-refractivity contribution is 7.13. The Kier molecular flexibility index (Phi) is 5.98. The van der Waals surface area contributed by atoms with Crippen LogP contribution in [-0.2, 0) is 15.9 Å². The van der Waals surface area contributed by atoms with E-state index in [1.165, 1.54) is 24.5 Å². The van der Waals surface area contributed by atoms with Gasteiger partial charge in [0.05, 0.1) is 23.1 Å². The molecule has 0 saturated carbocycles. The molecular weight excluding hydrogens is 314 g/mol. The number of nitrogens with zero attached hydrogens (tertiary/aromatic N) is 1. The normalized spacial score (nSPS) is 32.1. The van der Waals surface area contributed by atoms with Crippen LogP contribution in [0.1, 0.15) is 21.6 Å². The Bertz CT molecular complexity index is 506. The summed E-state index contributed by atoms with van der Waals surface area (Å²) in [5.41, 5.74) is 0. The van der Waals surface area contributed by atoms with Gasteiger partial charge >= 0.3 is 0 Å². The molecule has 1 fully saturated rings. The first-order chi connectivity index (χ1) is 10.4. The Balaban J connectivity index is 1.86. The molecule has 0 spiro atoms. The number of hydrogen-bond donors (Lipinski definition) is 4. The van der Waals surface area contributed by atoms with Crippen LogP contribution in [0.5, 0.6) is 0 Å². The first-order valence-corrected chi connectivity index (χ1v) is 7.63. The van der Waals surface area contributed by atoms with Crippen molar-refractivity contribution in [2.24, 2.45) is 0 Å². The third-order valence-electron chi connectivity index (χ3n) is 3.35. The van der Waals surface area contributed by atoms with Crippen LogP contribution in [0.2, 0.25) is 0 Å². The summed E-state index contributed by atoms with van der Waals surface area (Å²) in [6.07, 6.45) is -4.52. The van der Waals surface area contributed by atoms with Crippen molar-refractivity contribution in [3.8, 4) is 0 Å². The van der Waals surface area contributed by atoms with Crippen LogP contribution >= 0.6 is 11.3 Å². The van der Waals surface area contributed by atoms with Gasteiger partial charge < -0.3 is 29.9 Å². The molecule has 1 aromatic rings. The van der Waals surface area contributed by atoms with Gasteiger partial charge in [0.25, 0.3) is 0 Å². The predicted octanol–water partition coefficient (Wildman–Crippen LogP) is -1.30. The van der Waals surface area contributed by atoms with Crippen molar-refractivity contribution in [1.29, 1.82) is 0 Å². The Hall–Kier alpha value is -0.940. The van der Waals surface area contributed by atoms with Crippen LogP contribution in [0, 0.1) is 0 Å². The Labute approximate surface area is 131 Å². The summed E-state index contributed by atoms with van der Waals surface area (Å²) in [4.78, 5) is 15.8. The summed E-state index contributed by atoms with van der Waals surface area (Å²) in [6, 6.07) is 0. The first-order valence-electron chi connectivity index (χ1n) is 6.81. The SMILES string of the molecule is CC(=O)c1cnc(CCO[C@H]2O[C@H](CO)[C@@H](O)[C@H](O)[C@@H]2O)s1. The van der Waals surface area contributed by atoms with E-state index in [0.717, 1.165) is 0 Å². The first kappa shape index (κ1) is 17.4. The molecule has 2 rings (SSSR count). The molecule has 0 aliphatic carbocycles. The molecule has 9 heteroatoms. The van der Waals surface area contributed by atoms with Gasteiger partial charge in [-0.25, -0.2) is 4.98 Å². The van der Waals surface area contributed by atoms with Gasteiger partial charge in [-0.05, 0) is 0 Å². The van der Waals surface area contributed by atoms with Gasteiger partial charge in [0.1, 0.15) is 24.4 Å². The van der Waals surface area contributed by atoms with E-state index in [1.54, 1.807) is 0 Å². The third-order valence-corrected chi connectivity index (χ3v) is 4.50. The number of ketones is 1. The maximum atomic E-state index is 11.2. The van der Waals surface area contributed by atoms with E-state index >= 15 is 0 Å². The Morgan fingerprint density at radius 3 is 2.68 bits per heavy atom. The zero-order chi connectivity index (χ0) is 16.3. The van der Waals surface area contributed by atoms with Gasteiger partial charge in [-0.1, -0.05) is 0 Å². The number of ether oxygens (including phenoxy) is 2. The van der Waals surface area contributed by atoms with Crippen LogP contribution in [0.25, 0.3) is 0 Å². The molecule has 0 aromatic carbocycles. The molecule has 1 aromatic heterocycles. The topological polar surface area (TPSA) is 129 Å². The summed E-state index contributed by atoms with van der Waals surface area (Å²) in [5.74, 6) is -0.0569. The number of aromatic nitrogens is 1. The number of carbonyl (C=O) groups is 1. The fraction of sp³-hybridized carbons (Fsp3) is 0.692. The standard InChI is InChI=1S/C13H19NO7S/c1-6(16)8-4-14-9(22-8)2-3-20-13-12(19)11(18)10(17)7(5-15)21-13/h4,7,10-13,15,17-19H,2-3,5H2,1H3/t7-,10-,11+,12+,13+/m1/s1. The second kappa shape index (κ2) is 7.55. The number of carbonyl (C=O) groups excluding carboxylic acids is 1. The van der Waals surface area contributed by atoms with Crippen LogP contribution < -0.4 is 0 Å². The molecule has 1 aliphatic heterocycles. The lowest BCUT2D eigenvalue weighted by Gasteiger charge is -2.39. The van der Waals surface area contributed by atoms with Crippen LogP contribution in [0.15, 0.2) is 6.20 Å². The number of Topliss-reactive ketones (excluding diaryl/α,β-unsaturated/α-hetero) is 1. The van der Waals surface area contributed by atoms with E-state index in [-0.39, 0.29) is 12.4 Å². The highest BCUT2D eigenvalue weighted by atomic mass is 32.1. The van der Waals surface area contributed by atoms with Gasteiger partial charge in [-0.15, -0.1) is 11.3 Å². The van der Waals surface area contributed by atoms with Gasteiger partial charge in [0.2, 0.25) is 0 Å². The second-order valence-corrected chi connectivity index (χ2v) is 6.11. The van der Waals surface area contributed by atoms with E-state index < -0.39 is 37.3 Å². The highest BCUT2D eigenvalue weighted by Gasteiger charge is 2.43. The minimum absolute atomic E-state index is 0.0569.